The minimum atomic E-state index is -0.556. The van der Waals surface area contributed by atoms with Gasteiger partial charge >= 0.3 is 0 Å². The van der Waals surface area contributed by atoms with Crippen molar-refractivity contribution >= 4 is 5.78 Å². The first-order valence-corrected chi connectivity index (χ1v) is 4.07. The van der Waals surface area contributed by atoms with Crippen LogP contribution in [0.15, 0.2) is 12.1 Å². The van der Waals surface area contributed by atoms with Crippen molar-refractivity contribution in [1.29, 1.82) is 0 Å². The van der Waals surface area contributed by atoms with Crippen molar-refractivity contribution in [2.45, 2.75) is 13.5 Å². The number of carbonyl (C=O) groups excluding carboxylic acids is 1. The molecule has 0 unspecified atom stereocenters. The largest absolute Gasteiger partial charge is 0.507 e. The minimum Gasteiger partial charge on any atom is -0.507 e. The van der Waals surface area contributed by atoms with E-state index in [4.69, 9.17) is 4.74 Å². The van der Waals surface area contributed by atoms with Gasteiger partial charge < -0.3 is 9.84 Å². The number of Topliss-reactive ketones (excluding diaryl/α,β-unsaturated/α-hetero) is 1. The molecule has 14 heavy (non-hydrogen) atoms. The Labute approximate surface area is 81.1 Å². The average molecular weight is 198 g/mol. The Balaban J connectivity index is 3.24. The van der Waals surface area contributed by atoms with Gasteiger partial charge in [0.2, 0.25) is 0 Å². The number of hydrogen-bond acceptors (Lipinski definition) is 3. The maximum absolute atomic E-state index is 13.0. The molecule has 0 amide bonds. The van der Waals surface area contributed by atoms with Crippen LogP contribution in [0, 0.1) is 5.82 Å². The molecular weight excluding hydrogens is 187 g/mol. The zero-order chi connectivity index (χ0) is 10.7. The van der Waals surface area contributed by atoms with E-state index in [0.29, 0.717) is 0 Å². The van der Waals surface area contributed by atoms with Gasteiger partial charge in [-0.15, -0.1) is 0 Å². The number of benzene rings is 1. The fourth-order valence-corrected chi connectivity index (χ4v) is 1.19. The summed E-state index contributed by atoms with van der Waals surface area (Å²) >= 11 is 0. The van der Waals surface area contributed by atoms with E-state index in [9.17, 15) is 14.3 Å². The monoisotopic (exact) mass is 198 g/mol. The number of halogens is 1. The molecule has 0 aliphatic carbocycles. The van der Waals surface area contributed by atoms with Gasteiger partial charge in [-0.2, -0.15) is 0 Å². The highest BCUT2D eigenvalue weighted by Crippen LogP contribution is 2.25. The van der Waals surface area contributed by atoms with Crippen LogP contribution >= 0.6 is 0 Å². The Morgan fingerprint density at radius 3 is 2.71 bits per heavy atom. The second kappa shape index (κ2) is 4.19. The number of aromatic hydroxyl groups is 1. The van der Waals surface area contributed by atoms with Gasteiger partial charge in [-0.1, -0.05) is 0 Å². The standard InChI is InChI=1S/C10H11FO3/c1-6(12)9-4-8(11)3-7(5-14-2)10(9)13/h3-4,13H,5H2,1-2H3. The van der Waals surface area contributed by atoms with E-state index in [-0.39, 0.29) is 29.3 Å². The number of carbonyl (C=O) groups is 1. The van der Waals surface area contributed by atoms with E-state index in [1.54, 1.807) is 0 Å². The lowest BCUT2D eigenvalue weighted by Crippen LogP contribution is -1.99. The SMILES string of the molecule is COCc1cc(F)cc(C(C)=O)c1O. The second-order valence-corrected chi connectivity index (χ2v) is 2.95. The molecule has 0 aliphatic rings. The van der Waals surface area contributed by atoms with E-state index in [1.807, 2.05) is 0 Å². The molecule has 1 aromatic carbocycles. The van der Waals surface area contributed by atoms with Gasteiger partial charge in [-0.05, 0) is 19.1 Å². The summed E-state index contributed by atoms with van der Waals surface area (Å²) in [6, 6.07) is 2.15. The first-order chi connectivity index (χ1) is 6.56. The predicted octanol–water partition coefficient (Wildman–Crippen LogP) is 1.88. The maximum Gasteiger partial charge on any atom is 0.163 e. The van der Waals surface area contributed by atoms with Crippen molar-refractivity contribution in [3.05, 3.63) is 29.1 Å². The smallest absolute Gasteiger partial charge is 0.163 e. The van der Waals surface area contributed by atoms with E-state index in [0.717, 1.165) is 12.1 Å². The zero-order valence-electron chi connectivity index (χ0n) is 8.00. The number of ether oxygens (including phenoxy) is 1. The maximum atomic E-state index is 13.0. The Morgan fingerprint density at radius 1 is 1.57 bits per heavy atom. The Kier molecular flexibility index (Phi) is 3.19. The molecule has 0 bridgehead atoms. The summed E-state index contributed by atoms with van der Waals surface area (Å²) in [5.74, 6) is -1.14. The lowest BCUT2D eigenvalue weighted by molar-refractivity contribution is 0.101. The molecule has 0 aromatic heterocycles. The molecule has 0 aliphatic heterocycles. The topological polar surface area (TPSA) is 46.5 Å². The quantitative estimate of drug-likeness (QED) is 0.754. The van der Waals surface area contributed by atoms with Gasteiger partial charge in [0.25, 0.3) is 0 Å². The average Bonchev–Trinajstić information content (AvgIpc) is 2.10. The zero-order valence-corrected chi connectivity index (χ0v) is 8.00. The molecule has 1 N–H and O–H groups in total. The highest BCUT2D eigenvalue weighted by Gasteiger charge is 2.13. The molecular formula is C10H11FO3. The first-order valence-electron chi connectivity index (χ1n) is 4.07. The molecule has 4 heteroatoms. The van der Waals surface area contributed by atoms with Crippen LogP contribution in [0.3, 0.4) is 0 Å². The molecule has 0 atom stereocenters. The highest BCUT2D eigenvalue weighted by molar-refractivity contribution is 5.97. The van der Waals surface area contributed by atoms with Gasteiger partial charge in [-0.3, -0.25) is 4.79 Å². The van der Waals surface area contributed by atoms with Crippen molar-refractivity contribution in [3.63, 3.8) is 0 Å². The van der Waals surface area contributed by atoms with Crippen LogP contribution in [-0.4, -0.2) is 18.0 Å². The molecule has 0 radical (unpaired) electrons. The molecule has 0 fully saturated rings. The number of phenolic OH excluding ortho intramolecular Hbond substituents is 1. The Bertz CT molecular complexity index is 361. The van der Waals surface area contributed by atoms with Crippen LogP contribution in [-0.2, 0) is 11.3 Å². The summed E-state index contributed by atoms with van der Waals surface area (Å²) in [6.45, 7) is 1.34. The van der Waals surface area contributed by atoms with Gasteiger partial charge in [-0.25, -0.2) is 4.39 Å². The summed E-state index contributed by atoms with van der Waals surface area (Å²) < 4.78 is 17.7. The number of phenols is 1. The third-order valence-electron chi connectivity index (χ3n) is 1.83. The fourth-order valence-electron chi connectivity index (χ4n) is 1.19. The van der Waals surface area contributed by atoms with Gasteiger partial charge in [0.1, 0.15) is 11.6 Å². The molecule has 0 saturated heterocycles. The first kappa shape index (κ1) is 10.7. The van der Waals surface area contributed by atoms with Crippen LogP contribution in [0.4, 0.5) is 4.39 Å². The van der Waals surface area contributed by atoms with E-state index >= 15 is 0 Å². The van der Waals surface area contributed by atoms with Crippen LogP contribution in [0.5, 0.6) is 5.75 Å². The van der Waals surface area contributed by atoms with Crippen molar-refractivity contribution in [3.8, 4) is 5.75 Å². The fraction of sp³-hybridized carbons (Fsp3) is 0.300. The number of methoxy groups -OCH3 is 1. The lowest BCUT2D eigenvalue weighted by atomic mass is 10.1. The predicted molar refractivity (Wildman–Crippen MR) is 48.8 cm³/mol. The molecule has 76 valence electrons. The molecule has 0 saturated carbocycles. The molecule has 1 rings (SSSR count). The van der Waals surface area contributed by atoms with Crippen LogP contribution in [0.2, 0.25) is 0 Å². The third kappa shape index (κ3) is 2.09. The third-order valence-corrected chi connectivity index (χ3v) is 1.83. The second-order valence-electron chi connectivity index (χ2n) is 2.95. The van der Waals surface area contributed by atoms with E-state index < -0.39 is 5.82 Å². The molecule has 1 aromatic rings. The van der Waals surface area contributed by atoms with Crippen molar-refractivity contribution in [2.75, 3.05) is 7.11 Å². The molecule has 0 spiro atoms. The van der Waals surface area contributed by atoms with Crippen LogP contribution in [0.25, 0.3) is 0 Å². The van der Waals surface area contributed by atoms with Crippen molar-refractivity contribution in [2.24, 2.45) is 0 Å². The summed E-state index contributed by atoms with van der Waals surface area (Å²) in [5.41, 5.74) is 0.259. The van der Waals surface area contributed by atoms with Crippen LogP contribution in [0.1, 0.15) is 22.8 Å². The minimum absolute atomic E-state index is 0.0166. The van der Waals surface area contributed by atoms with Crippen molar-refractivity contribution < 1.29 is 19.0 Å². The molecule has 0 heterocycles. The van der Waals surface area contributed by atoms with Gasteiger partial charge in [0, 0.05) is 12.7 Å². The summed E-state index contributed by atoms with van der Waals surface area (Å²) in [7, 11) is 1.43. The Hall–Kier alpha value is -1.42. The number of ketones is 1. The van der Waals surface area contributed by atoms with E-state index in [2.05, 4.69) is 0 Å². The van der Waals surface area contributed by atoms with E-state index in [1.165, 1.54) is 14.0 Å². The van der Waals surface area contributed by atoms with Crippen LogP contribution < -0.4 is 0 Å². The lowest BCUT2D eigenvalue weighted by Gasteiger charge is -2.07. The van der Waals surface area contributed by atoms with Gasteiger partial charge in [0.15, 0.2) is 5.78 Å². The number of rotatable bonds is 3. The summed E-state index contributed by atoms with van der Waals surface area (Å²) in [4.78, 5) is 11.0. The molecule has 3 nitrogen and oxygen atoms in total. The number of hydrogen-bond donors (Lipinski definition) is 1. The summed E-state index contributed by atoms with van der Waals surface area (Å²) in [6.07, 6.45) is 0. The normalized spacial score (nSPS) is 10.2. The summed E-state index contributed by atoms with van der Waals surface area (Å²) in [5, 5.41) is 9.55. The Morgan fingerprint density at radius 2 is 2.21 bits per heavy atom. The highest BCUT2D eigenvalue weighted by atomic mass is 19.1. The van der Waals surface area contributed by atoms with Crippen molar-refractivity contribution in [1.82, 2.24) is 0 Å². The van der Waals surface area contributed by atoms with Gasteiger partial charge in [0.05, 0.1) is 12.2 Å².